The van der Waals surface area contributed by atoms with Crippen molar-refractivity contribution in [1.82, 2.24) is 0 Å². The van der Waals surface area contributed by atoms with Crippen LogP contribution in [0.1, 0.15) is 5.56 Å². The Morgan fingerprint density at radius 2 is 2.08 bits per heavy atom. The second-order valence-corrected chi connectivity index (χ2v) is 2.63. The fourth-order valence-electron chi connectivity index (χ4n) is 0.907. The largest absolute Gasteiger partial charge is 0.399 e. The summed E-state index contributed by atoms with van der Waals surface area (Å²) >= 11 is 5.62. The highest BCUT2D eigenvalue weighted by Gasteiger charge is 2.02. The van der Waals surface area contributed by atoms with E-state index in [1.165, 1.54) is 19.2 Å². The van der Waals surface area contributed by atoms with Crippen molar-refractivity contribution in [2.45, 2.75) is 0 Å². The van der Waals surface area contributed by atoms with E-state index in [4.69, 9.17) is 11.6 Å². The van der Waals surface area contributed by atoms with Gasteiger partial charge in [0.05, 0.1) is 5.88 Å². The fraction of sp³-hybridized carbons (Fsp3) is 0.222. The van der Waals surface area contributed by atoms with Crippen molar-refractivity contribution in [3.63, 3.8) is 0 Å². The maximum absolute atomic E-state index is 12.5. The lowest BCUT2D eigenvalue weighted by Crippen LogP contribution is -2.03. The molecule has 0 aromatic heterocycles. The van der Waals surface area contributed by atoms with Crippen molar-refractivity contribution < 1.29 is 9.23 Å². The lowest BCUT2D eigenvalue weighted by Gasteiger charge is -2.00. The molecule has 0 amide bonds. The van der Waals surface area contributed by atoms with Gasteiger partial charge in [-0.3, -0.25) is 0 Å². The summed E-state index contributed by atoms with van der Waals surface area (Å²) in [4.78, 5) is 4.59. The molecule has 13 heavy (non-hydrogen) atoms. The highest BCUT2D eigenvalue weighted by atomic mass is 35.5. The number of hydrogen-bond donors (Lipinski definition) is 0. The van der Waals surface area contributed by atoms with E-state index in [9.17, 15) is 4.39 Å². The van der Waals surface area contributed by atoms with Crippen LogP contribution in [-0.2, 0) is 4.84 Å². The minimum atomic E-state index is -0.282. The molecule has 0 aliphatic heterocycles. The smallest absolute Gasteiger partial charge is 0.123 e. The van der Waals surface area contributed by atoms with Crippen LogP contribution < -0.4 is 0 Å². The van der Waals surface area contributed by atoms with Crippen molar-refractivity contribution >= 4 is 17.3 Å². The molecule has 0 unspecified atom stereocenters. The molecule has 0 N–H and O–H groups in total. The van der Waals surface area contributed by atoms with E-state index < -0.39 is 0 Å². The van der Waals surface area contributed by atoms with Gasteiger partial charge >= 0.3 is 0 Å². The summed E-state index contributed by atoms with van der Waals surface area (Å²) in [6.45, 7) is 0. The Hall–Kier alpha value is -1.09. The minimum absolute atomic E-state index is 0.236. The van der Waals surface area contributed by atoms with Gasteiger partial charge < -0.3 is 4.84 Å². The first-order valence-electron chi connectivity index (χ1n) is 3.70. The van der Waals surface area contributed by atoms with Gasteiger partial charge in [0.1, 0.15) is 18.6 Å². The summed E-state index contributed by atoms with van der Waals surface area (Å²) in [5, 5.41) is 3.70. The van der Waals surface area contributed by atoms with E-state index in [0.717, 1.165) is 5.56 Å². The Labute approximate surface area is 81.0 Å². The van der Waals surface area contributed by atoms with Gasteiger partial charge in [-0.25, -0.2) is 4.39 Å². The maximum atomic E-state index is 12.5. The van der Waals surface area contributed by atoms with Crippen LogP contribution in [0.25, 0.3) is 0 Å². The number of halogens is 2. The second-order valence-electron chi connectivity index (χ2n) is 2.36. The summed E-state index contributed by atoms with van der Waals surface area (Å²) in [7, 11) is 1.44. The van der Waals surface area contributed by atoms with Crippen molar-refractivity contribution in [2.24, 2.45) is 5.16 Å². The Balaban J connectivity index is 2.92. The van der Waals surface area contributed by atoms with Crippen LogP contribution in [0.15, 0.2) is 29.4 Å². The molecule has 0 saturated carbocycles. The van der Waals surface area contributed by atoms with E-state index in [1.807, 2.05) is 0 Å². The number of nitrogens with zero attached hydrogens (tertiary/aromatic N) is 1. The summed E-state index contributed by atoms with van der Waals surface area (Å²) in [5.41, 5.74) is 1.35. The molecule has 4 heteroatoms. The number of alkyl halides is 1. The van der Waals surface area contributed by atoms with E-state index in [-0.39, 0.29) is 11.7 Å². The number of benzene rings is 1. The average Bonchev–Trinajstić information content (AvgIpc) is 2.16. The normalized spacial score (nSPS) is 11.5. The molecule has 0 heterocycles. The Morgan fingerprint density at radius 1 is 1.46 bits per heavy atom. The van der Waals surface area contributed by atoms with Crippen molar-refractivity contribution in [2.75, 3.05) is 13.0 Å². The van der Waals surface area contributed by atoms with Gasteiger partial charge in [-0.15, -0.1) is 11.6 Å². The highest BCUT2D eigenvalue weighted by Crippen LogP contribution is 2.05. The van der Waals surface area contributed by atoms with Crippen LogP contribution in [-0.4, -0.2) is 18.7 Å². The molecule has 1 aromatic rings. The predicted octanol–water partition coefficient (Wildman–Crippen LogP) is 2.42. The minimum Gasteiger partial charge on any atom is -0.399 e. The van der Waals surface area contributed by atoms with Gasteiger partial charge in [0.25, 0.3) is 0 Å². The summed E-state index contributed by atoms with van der Waals surface area (Å²) in [5.74, 6) is -0.0467. The topological polar surface area (TPSA) is 21.6 Å². The fourth-order valence-corrected chi connectivity index (χ4v) is 1.11. The molecule has 0 aliphatic rings. The quantitative estimate of drug-likeness (QED) is 0.418. The van der Waals surface area contributed by atoms with Crippen LogP contribution in [0, 0.1) is 5.82 Å². The van der Waals surface area contributed by atoms with Crippen LogP contribution in [0.2, 0.25) is 0 Å². The van der Waals surface area contributed by atoms with Crippen molar-refractivity contribution in [1.29, 1.82) is 0 Å². The van der Waals surface area contributed by atoms with Gasteiger partial charge in [0.15, 0.2) is 0 Å². The molecule has 1 rings (SSSR count). The molecule has 2 nitrogen and oxygen atoms in total. The van der Waals surface area contributed by atoms with E-state index in [1.54, 1.807) is 12.1 Å². The van der Waals surface area contributed by atoms with E-state index in [2.05, 4.69) is 9.99 Å². The highest BCUT2D eigenvalue weighted by molar-refractivity contribution is 6.31. The zero-order valence-corrected chi connectivity index (χ0v) is 7.88. The van der Waals surface area contributed by atoms with Gasteiger partial charge in [-0.2, -0.15) is 0 Å². The monoisotopic (exact) mass is 201 g/mol. The van der Waals surface area contributed by atoms with E-state index in [0.29, 0.717) is 5.71 Å². The first-order valence-corrected chi connectivity index (χ1v) is 4.23. The molecule has 0 spiro atoms. The SMILES string of the molecule is CO/N=C(/CCl)c1ccc(F)cc1. The van der Waals surface area contributed by atoms with Crippen LogP contribution in [0.3, 0.4) is 0 Å². The number of oxime groups is 1. The number of rotatable bonds is 3. The number of hydrogen-bond acceptors (Lipinski definition) is 2. The molecule has 0 fully saturated rings. The third-order valence-corrected chi connectivity index (χ3v) is 1.76. The average molecular weight is 202 g/mol. The Morgan fingerprint density at radius 3 is 2.54 bits per heavy atom. The molecule has 0 saturated heterocycles. The van der Waals surface area contributed by atoms with Gasteiger partial charge in [-0.1, -0.05) is 17.3 Å². The van der Waals surface area contributed by atoms with Crippen molar-refractivity contribution in [3.05, 3.63) is 35.6 Å². The molecule has 0 bridgehead atoms. The summed E-state index contributed by atoms with van der Waals surface area (Å²) < 4.78 is 12.5. The first-order chi connectivity index (χ1) is 6.27. The van der Waals surface area contributed by atoms with Gasteiger partial charge in [0.2, 0.25) is 0 Å². The van der Waals surface area contributed by atoms with Crippen LogP contribution in [0.5, 0.6) is 0 Å². The lowest BCUT2D eigenvalue weighted by molar-refractivity contribution is 0.213. The molecule has 0 aliphatic carbocycles. The first kappa shape index (κ1) is 9.99. The van der Waals surface area contributed by atoms with Crippen LogP contribution >= 0.6 is 11.6 Å². The standard InChI is InChI=1S/C9H9ClFNO/c1-13-12-9(6-10)7-2-4-8(11)5-3-7/h2-5H,6H2,1H3/b12-9-. The van der Waals surface area contributed by atoms with Gasteiger partial charge in [0, 0.05) is 5.56 Å². The summed E-state index contributed by atoms with van der Waals surface area (Å²) in [6, 6.07) is 5.92. The third-order valence-electron chi connectivity index (χ3n) is 1.51. The van der Waals surface area contributed by atoms with Gasteiger partial charge in [-0.05, 0) is 12.1 Å². The zero-order chi connectivity index (χ0) is 9.68. The zero-order valence-electron chi connectivity index (χ0n) is 7.13. The molecular weight excluding hydrogens is 193 g/mol. The van der Waals surface area contributed by atoms with E-state index >= 15 is 0 Å². The molecule has 70 valence electrons. The van der Waals surface area contributed by atoms with Crippen LogP contribution in [0.4, 0.5) is 4.39 Å². The predicted molar refractivity (Wildman–Crippen MR) is 50.7 cm³/mol. The second kappa shape index (κ2) is 4.82. The summed E-state index contributed by atoms with van der Waals surface area (Å²) in [6.07, 6.45) is 0. The Bertz CT molecular complexity index is 297. The molecular formula is C9H9ClFNO. The lowest BCUT2D eigenvalue weighted by atomic mass is 10.1. The molecule has 0 atom stereocenters. The third kappa shape index (κ3) is 2.70. The van der Waals surface area contributed by atoms with Crippen molar-refractivity contribution in [3.8, 4) is 0 Å². The molecule has 0 radical (unpaired) electrons. The maximum Gasteiger partial charge on any atom is 0.123 e. The molecule has 1 aromatic carbocycles. The Kier molecular flexibility index (Phi) is 3.71.